The van der Waals surface area contributed by atoms with Crippen LogP contribution >= 0.6 is 0 Å². The molecular weight excluding hydrogens is 216 g/mol. The van der Waals surface area contributed by atoms with E-state index in [4.69, 9.17) is 4.74 Å². The highest BCUT2D eigenvalue weighted by Gasteiger charge is 2.21. The average Bonchev–Trinajstić information content (AvgIpc) is 2.26. The molecule has 0 aromatic rings. The van der Waals surface area contributed by atoms with Crippen molar-refractivity contribution in [2.24, 2.45) is 0 Å². The molecule has 0 heterocycles. The van der Waals surface area contributed by atoms with Crippen LogP contribution in [-0.4, -0.2) is 61.5 Å². The van der Waals surface area contributed by atoms with Crippen LogP contribution < -0.4 is 5.32 Å². The Morgan fingerprint density at radius 2 is 2.00 bits per heavy atom. The quantitative estimate of drug-likeness (QED) is 0.606. The number of nitrogens with one attached hydrogen (secondary N) is 1. The summed E-state index contributed by atoms with van der Waals surface area (Å²) in [6.07, 6.45) is 1.24. The van der Waals surface area contributed by atoms with E-state index in [2.05, 4.69) is 31.1 Å². The molecule has 0 saturated carbocycles. The Bertz CT molecular complexity index is 188. The Morgan fingerprint density at radius 3 is 2.47 bits per heavy atom. The van der Waals surface area contributed by atoms with Gasteiger partial charge in [-0.15, -0.1) is 0 Å². The number of rotatable bonds is 10. The molecule has 0 aromatic carbocycles. The SMILES string of the molecule is CCNC(C)(CO)CCN(C)CCOC(C)C. The second-order valence-electron chi connectivity index (χ2n) is 5.22. The van der Waals surface area contributed by atoms with Gasteiger partial charge in [-0.25, -0.2) is 0 Å². The Balaban J connectivity index is 3.76. The molecule has 104 valence electrons. The Labute approximate surface area is 106 Å². The number of aliphatic hydroxyl groups excluding tert-OH is 1. The number of hydrogen-bond donors (Lipinski definition) is 2. The molecule has 0 aliphatic carbocycles. The van der Waals surface area contributed by atoms with E-state index >= 15 is 0 Å². The summed E-state index contributed by atoms with van der Waals surface area (Å²) in [6, 6.07) is 0. The third kappa shape index (κ3) is 8.55. The first-order valence-electron chi connectivity index (χ1n) is 6.59. The third-order valence-corrected chi connectivity index (χ3v) is 2.92. The zero-order chi connectivity index (χ0) is 13.3. The van der Waals surface area contributed by atoms with E-state index in [-0.39, 0.29) is 12.1 Å². The molecule has 0 fully saturated rings. The maximum Gasteiger partial charge on any atom is 0.0611 e. The standard InChI is InChI=1S/C13H30N2O2/c1-6-14-13(4,11-16)7-8-15(5)9-10-17-12(2)3/h12,14,16H,6-11H2,1-5H3. The summed E-state index contributed by atoms with van der Waals surface area (Å²) in [5, 5.41) is 12.7. The van der Waals surface area contributed by atoms with Crippen LogP contribution in [0.5, 0.6) is 0 Å². The first-order valence-corrected chi connectivity index (χ1v) is 6.59. The normalized spacial score (nSPS) is 15.5. The van der Waals surface area contributed by atoms with Gasteiger partial charge in [-0.1, -0.05) is 6.92 Å². The van der Waals surface area contributed by atoms with Gasteiger partial charge in [0, 0.05) is 12.1 Å². The van der Waals surface area contributed by atoms with Gasteiger partial charge in [0.2, 0.25) is 0 Å². The molecule has 0 aliphatic heterocycles. The molecule has 0 amide bonds. The summed E-state index contributed by atoms with van der Waals surface area (Å²) in [5.41, 5.74) is -0.165. The van der Waals surface area contributed by atoms with Crippen LogP contribution in [0.15, 0.2) is 0 Å². The monoisotopic (exact) mass is 246 g/mol. The van der Waals surface area contributed by atoms with E-state index in [1.165, 1.54) is 0 Å². The minimum atomic E-state index is -0.165. The molecule has 0 aliphatic rings. The molecule has 1 atom stereocenters. The van der Waals surface area contributed by atoms with Gasteiger partial charge in [0.15, 0.2) is 0 Å². The molecule has 4 nitrogen and oxygen atoms in total. The van der Waals surface area contributed by atoms with Crippen LogP contribution in [0, 0.1) is 0 Å². The molecule has 4 heteroatoms. The summed E-state index contributed by atoms with van der Waals surface area (Å²) in [6.45, 7) is 12.0. The molecule has 17 heavy (non-hydrogen) atoms. The van der Waals surface area contributed by atoms with Crippen LogP contribution in [-0.2, 0) is 4.74 Å². The lowest BCUT2D eigenvalue weighted by molar-refractivity contribution is 0.0609. The van der Waals surface area contributed by atoms with E-state index < -0.39 is 0 Å². The predicted molar refractivity (Wildman–Crippen MR) is 72.4 cm³/mol. The maximum absolute atomic E-state index is 9.37. The van der Waals surface area contributed by atoms with Crippen LogP contribution in [0.1, 0.15) is 34.1 Å². The lowest BCUT2D eigenvalue weighted by Gasteiger charge is -2.30. The molecule has 0 saturated heterocycles. The molecule has 0 radical (unpaired) electrons. The first kappa shape index (κ1) is 16.8. The van der Waals surface area contributed by atoms with Crippen molar-refractivity contribution in [3.05, 3.63) is 0 Å². The predicted octanol–water partition coefficient (Wildman–Crippen LogP) is 1.09. The molecule has 2 N–H and O–H groups in total. The minimum Gasteiger partial charge on any atom is -0.394 e. The number of aliphatic hydroxyl groups is 1. The fourth-order valence-corrected chi connectivity index (χ4v) is 1.64. The van der Waals surface area contributed by atoms with Gasteiger partial charge in [0.25, 0.3) is 0 Å². The van der Waals surface area contributed by atoms with Crippen molar-refractivity contribution in [1.29, 1.82) is 0 Å². The number of likely N-dealkylation sites (N-methyl/N-ethyl adjacent to an activating group) is 2. The van der Waals surface area contributed by atoms with Crippen molar-refractivity contribution in [3.63, 3.8) is 0 Å². The smallest absolute Gasteiger partial charge is 0.0611 e. The highest BCUT2D eigenvalue weighted by molar-refractivity contribution is 4.82. The van der Waals surface area contributed by atoms with Crippen LogP contribution in [0.2, 0.25) is 0 Å². The van der Waals surface area contributed by atoms with Gasteiger partial charge in [-0.2, -0.15) is 0 Å². The molecule has 0 bridgehead atoms. The summed E-state index contributed by atoms with van der Waals surface area (Å²) >= 11 is 0. The number of nitrogens with zero attached hydrogens (tertiary/aromatic N) is 1. The molecule has 1 unspecified atom stereocenters. The van der Waals surface area contributed by atoms with E-state index in [9.17, 15) is 5.11 Å². The summed E-state index contributed by atoms with van der Waals surface area (Å²) in [5.74, 6) is 0. The molecule has 0 aromatic heterocycles. The van der Waals surface area contributed by atoms with Crippen LogP contribution in [0.3, 0.4) is 0 Å². The highest BCUT2D eigenvalue weighted by Crippen LogP contribution is 2.09. The topological polar surface area (TPSA) is 44.7 Å². The van der Waals surface area contributed by atoms with E-state index in [0.717, 1.165) is 32.7 Å². The van der Waals surface area contributed by atoms with Crippen LogP contribution in [0.25, 0.3) is 0 Å². The minimum absolute atomic E-state index is 0.165. The maximum atomic E-state index is 9.37. The van der Waals surface area contributed by atoms with Gasteiger partial charge >= 0.3 is 0 Å². The van der Waals surface area contributed by atoms with Crippen molar-refractivity contribution in [2.45, 2.75) is 45.8 Å². The molecular formula is C13H30N2O2. The zero-order valence-electron chi connectivity index (χ0n) is 12.1. The third-order valence-electron chi connectivity index (χ3n) is 2.92. The van der Waals surface area contributed by atoms with Gasteiger partial charge in [0.05, 0.1) is 19.3 Å². The van der Waals surface area contributed by atoms with E-state index in [1.54, 1.807) is 0 Å². The fourth-order valence-electron chi connectivity index (χ4n) is 1.64. The number of hydrogen-bond acceptors (Lipinski definition) is 4. The van der Waals surface area contributed by atoms with Gasteiger partial charge < -0.3 is 20.1 Å². The fraction of sp³-hybridized carbons (Fsp3) is 1.00. The van der Waals surface area contributed by atoms with Gasteiger partial charge in [-0.05, 0) is 47.3 Å². The Morgan fingerprint density at radius 1 is 1.35 bits per heavy atom. The first-order chi connectivity index (χ1) is 7.93. The van der Waals surface area contributed by atoms with Crippen LogP contribution in [0.4, 0.5) is 0 Å². The molecule has 0 rings (SSSR count). The lowest BCUT2D eigenvalue weighted by atomic mass is 9.99. The van der Waals surface area contributed by atoms with E-state index in [0.29, 0.717) is 6.10 Å². The van der Waals surface area contributed by atoms with Gasteiger partial charge in [-0.3, -0.25) is 0 Å². The Hall–Kier alpha value is -0.160. The second kappa shape index (κ2) is 8.86. The van der Waals surface area contributed by atoms with Crippen molar-refractivity contribution in [1.82, 2.24) is 10.2 Å². The second-order valence-corrected chi connectivity index (χ2v) is 5.22. The zero-order valence-corrected chi connectivity index (χ0v) is 12.1. The van der Waals surface area contributed by atoms with E-state index in [1.807, 2.05) is 13.8 Å². The van der Waals surface area contributed by atoms with Gasteiger partial charge in [0.1, 0.15) is 0 Å². The Kier molecular flexibility index (Phi) is 8.78. The van der Waals surface area contributed by atoms with Crippen molar-refractivity contribution < 1.29 is 9.84 Å². The average molecular weight is 246 g/mol. The summed E-state index contributed by atoms with van der Waals surface area (Å²) < 4.78 is 5.51. The number of ether oxygens (including phenoxy) is 1. The summed E-state index contributed by atoms with van der Waals surface area (Å²) in [7, 11) is 2.09. The largest absolute Gasteiger partial charge is 0.394 e. The van der Waals surface area contributed by atoms with Crippen molar-refractivity contribution >= 4 is 0 Å². The van der Waals surface area contributed by atoms with Crippen molar-refractivity contribution in [2.75, 3.05) is 39.9 Å². The summed E-state index contributed by atoms with van der Waals surface area (Å²) in [4.78, 5) is 2.24. The molecule has 0 spiro atoms. The lowest BCUT2D eigenvalue weighted by Crippen LogP contribution is -2.47. The highest BCUT2D eigenvalue weighted by atomic mass is 16.5. The van der Waals surface area contributed by atoms with Crippen molar-refractivity contribution in [3.8, 4) is 0 Å².